The second-order valence-electron chi connectivity index (χ2n) is 4.36. The molecular formula is C13H16N2O2S2. The lowest BCUT2D eigenvalue weighted by Crippen LogP contribution is -2.22. The minimum Gasteiger partial charge on any atom is -0.399 e. The monoisotopic (exact) mass is 296 g/mol. The number of aryl methyl sites for hydroxylation is 2. The predicted octanol–water partition coefficient (Wildman–Crippen LogP) is 2.43. The molecule has 4 nitrogen and oxygen atoms in total. The van der Waals surface area contributed by atoms with Crippen molar-refractivity contribution in [3.05, 3.63) is 45.6 Å². The van der Waals surface area contributed by atoms with E-state index >= 15 is 0 Å². The van der Waals surface area contributed by atoms with Crippen molar-refractivity contribution in [3.8, 4) is 0 Å². The Hall–Kier alpha value is -1.37. The molecule has 0 spiro atoms. The van der Waals surface area contributed by atoms with E-state index in [1.54, 1.807) is 30.4 Å². The number of hydrogen-bond donors (Lipinski definition) is 2. The summed E-state index contributed by atoms with van der Waals surface area (Å²) < 4.78 is 26.9. The van der Waals surface area contributed by atoms with Crippen molar-refractivity contribution in [2.75, 3.05) is 5.73 Å². The summed E-state index contributed by atoms with van der Waals surface area (Å²) in [6, 6.07) is 8.61. The number of thiophene rings is 1. The number of nitrogen functional groups attached to an aromatic ring is 1. The Bertz CT molecular complexity index is 690. The summed E-state index contributed by atoms with van der Waals surface area (Å²) in [6.45, 7) is 4.09. The smallest absolute Gasteiger partial charge is 0.240 e. The Morgan fingerprint density at radius 1 is 1.21 bits per heavy atom. The van der Waals surface area contributed by atoms with Gasteiger partial charge in [0, 0.05) is 22.0 Å². The first-order valence-corrected chi connectivity index (χ1v) is 8.09. The normalized spacial score (nSPS) is 11.7. The predicted molar refractivity (Wildman–Crippen MR) is 78.7 cm³/mol. The molecule has 0 atom stereocenters. The maximum absolute atomic E-state index is 12.1. The van der Waals surface area contributed by atoms with E-state index in [9.17, 15) is 8.42 Å². The third-order valence-corrected chi connectivity index (χ3v) is 5.18. The van der Waals surface area contributed by atoms with E-state index in [0.29, 0.717) is 12.2 Å². The summed E-state index contributed by atoms with van der Waals surface area (Å²) in [5.74, 6) is 0. The lowest BCUT2D eigenvalue weighted by molar-refractivity contribution is 0.582. The second-order valence-corrected chi connectivity index (χ2v) is 7.49. The molecule has 0 fully saturated rings. The molecule has 0 radical (unpaired) electrons. The van der Waals surface area contributed by atoms with Crippen LogP contribution in [-0.2, 0) is 16.6 Å². The zero-order valence-corrected chi connectivity index (χ0v) is 12.4. The minimum absolute atomic E-state index is 0.243. The van der Waals surface area contributed by atoms with Gasteiger partial charge in [0.2, 0.25) is 10.0 Å². The maximum Gasteiger partial charge on any atom is 0.240 e. The molecule has 2 rings (SSSR count). The molecule has 2 aromatic rings. The van der Waals surface area contributed by atoms with E-state index in [2.05, 4.69) is 4.72 Å². The van der Waals surface area contributed by atoms with E-state index in [0.717, 1.165) is 15.3 Å². The zero-order chi connectivity index (χ0) is 14.0. The van der Waals surface area contributed by atoms with Crippen molar-refractivity contribution in [1.29, 1.82) is 0 Å². The average molecular weight is 296 g/mol. The van der Waals surface area contributed by atoms with E-state index in [1.807, 2.05) is 19.1 Å². The molecular weight excluding hydrogens is 280 g/mol. The van der Waals surface area contributed by atoms with Crippen LogP contribution in [0, 0.1) is 13.8 Å². The highest BCUT2D eigenvalue weighted by Crippen LogP contribution is 2.18. The van der Waals surface area contributed by atoms with Gasteiger partial charge in [-0.05, 0) is 49.7 Å². The van der Waals surface area contributed by atoms with Gasteiger partial charge < -0.3 is 5.73 Å². The Balaban J connectivity index is 2.16. The van der Waals surface area contributed by atoms with Gasteiger partial charge in [0.15, 0.2) is 0 Å². The molecule has 0 saturated carbocycles. The molecule has 3 N–H and O–H groups in total. The van der Waals surface area contributed by atoms with Crippen LogP contribution in [0.15, 0.2) is 35.2 Å². The van der Waals surface area contributed by atoms with Crippen LogP contribution in [0.1, 0.15) is 15.3 Å². The van der Waals surface area contributed by atoms with Gasteiger partial charge >= 0.3 is 0 Å². The molecule has 0 aliphatic carbocycles. The summed E-state index contributed by atoms with van der Waals surface area (Å²) in [5.41, 5.74) is 7.04. The molecule has 0 saturated heterocycles. The van der Waals surface area contributed by atoms with Gasteiger partial charge in [-0.2, -0.15) is 0 Å². The quantitative estimate of drug-likeness (QED) is 0.851. The molecule has 0 bridgehead atoms. The van der Waals surface area contributed by atoms with Crippen molar-refractivity contribution in [2.24, 2.45) is 0 Å². The summed E-state index contributed by atoms with van der Waals surface area (Å²) in [4.78, 5) is 2.40. The Morgan fingerprint density at radius 2 is 1.95 bits per heavy atom. The third-order valence-electron chi connectivity index (χ3n) is 2.78. The fourth-order valence-corrected chi connectivity index (χ4v) is 3.66. The standard InChI is InChI=1S/C13H16N2O2S2/c1-9-7-12(5-6-13(9)14)19(16,17)15-8-11-4-3-10(2)18-11/h3-7,15H,8,14H2,1-2H3. The number of benzene rings is 1. The van der Waals surface area contributed by atoms with Crippen LogP contribution >= 0.6 is 11.3 Å². The number of sulfonamides is 1. The van der Waals surface area contributed by atoms with Crippen LogP contribution in [-0.4, -0.2) is 8.42 Å². The number of anilines is 1. The van der Waals surface area contributed by atoms with Gasteiger partial charge in [0.05, 0.1) is 4.90 Å². The van der Waals surface area contributed by atoms with E-state index in [1.165, 1.54) is 6.07 Å². The lowest BCUT2D eigenvalue weighted by atomic mass is 10.2. The molecule has 102 valence electrons. The van der Waals surface area contributed by atoms with Crippen molar-refractivity contribution in [3.63, 3.8) is 0 Å². The van der Waals surface area contributed by atoms with Crippen molar-refractivity contribution in [1.82, 2.24) is 4.72 Å². The molecule has 0 aliphatic rings. The topological polar surface area (TPSA) is 72.2 Å². The van der Waals surface area contributed by atoms with Crippen molar-refractivity contribution < 1.29 is 8.42 Å². The summed E-state index contributed by atoms with van der Waals surface area (Å²) in [5, 5.41) is 0. The van der Waals surface area contributed by atoms with Crippen molar-refractivity contribution in [2.45, 2.75) is 25.3 Å². The van der Waals surface area contributed by atoms with Gasteiger partial charge in [0.25, 0.3) is 0 Å². The minimum atomic E-state index is -3.49. The van der Waals surface area contributed by atoms with Crippen LogP contribution in [0.2, 0.25) is 0 Å². The second kappa shape index (κ2) is 5.32. The highest BCUT2D eigenvalue weighted by molar-refractivity contribution is 7.89. The SMILES string of the molecule is Cc1ccc(CNS(=O)(=O)c2ccc(N)c(C)c2)s1. The Labute approximate surface area is 117 Å². The Kier molecular flexibility index (Phi) is 3.93. The van der Waals surface area contributed by atoms with E-state index in [-0.39, 0.29) is 4.90 Å². The first kappa shape index (κ1) is 14.0. The van der Waals surface area contributed by atoms with Gasteiger partial charge in [-0.15, -0.1) is 11.3 Å². The summed E-state index contributed by atoms with van der Waals surface area (Å²) >= 11 is 1.58. The van der Waals surface area contributed by atoms with Crippen LogP contribution in [0.3, 0.4) is 0 Å². The van der Waals surface area contributed by atoms with Crippen LogP contribution in [0.5, 0.6) is 0 Å². The molecule has 0 unspecified atom stereocenters. The fourth-order valence-electron chi connectivity index (χ4n) is 1.64. The van der Waals surface area contributed by atoms with E-state index < -0.39 is 10.0 Å². The summed E-state index contributed by atoms with van der Waals surface area (Å²) in [7, 11) is -3.49. The first-order valence-electron chi connectivity index (χ1n) is 5.79. The molecule has 19 heavy (non-hydrogen) atoms. The van der Waals surface area contributed by atoms with E-state index in [4.69, 9.17) is 5.73 Å². The van der Waals surface area contributed by atoms with Crippen LogP contribution in [0.4, 0.5) is 5.69 Å². The number of nitrogens with two attached hydrogens (primary N) is 1. The Morgan fingerprint density at radius 3 is 2.53 bits per heavy atom. The highest BCUT2D eigenvalue weighted by Gasteiger charge is 2.14. The van der Waals surface area contributed by atoms with Crippen LogP contribution in [0.25, 0.3) is 0 Å². The molecule has 1 aromatic carbocycles. The fraction of sp³-hybridized carbons (Fsp3) is 0.231. The molecule has 1 heterocycles. The van der Waals surface area contributed by atoms with Gasteiger partial charge in [-0.25, -0.2) is 13.1 Å². The first-order chi connectivity index (χ1) is 8.88. The summed E-state index contributed by atoms with van der Waals surface area (Å²) in [6.07, 6.45) is 0. The molecule has 6 heteroatoms. The number of rotatable bonds is 4. The largest absolute Gasteiger partial charge is 0.399 e. The number of hydrogen-bond acceptors (Lipinski definition) is 4. The van der Waals surface area contributed by atoms with Gasteiger partial charge in [0.1, 0.15) is 0 Å². The highest BCUT2D eigenvalue weighted by atomic mass is 32.2. The lowest BCUT2D eigenvalue weighted by Gasteiger charge is -2.07. The van der Waals surface area contributed by atoms with Crippen molar-refractivity contribution >= 4 is 27.0 Å². The zero-order valence-electron chi connectivity index (χ0n) is 10.8. The molecule has 0 aliphatic heterocycles. The molecule has 1 aromatic heterocycles. The maximum atomic E-state index is 12.1. The average Bonchev–Trinajstić information content (AvgIpc) is 2.76. The van der Waals surface area contributed by atoms with Gasteiger partial charge in [-0.1, -0.05) is 0 Å². The van der Waals surface area contributed by atoms with Crippen LogP contribution < -0.4 is 10.5 Å². The molecule has 0 amide bonds. The number of nitrogens with one attached hydrogen (secondary N) is 1. The third kappa shape index (κ3) is 3.34. The van der Waals surface area contributed by atoms with Gasteiger partial charge in [-0.3, -0.25) is 0 Å².